The van der Waals surface area contributed by atoms with E-state index in [1.807, 2.05) is 37.4 Å². The van der Waals surface area contributed by atoms with Crippen LogP contribution in [0.1, 0.15) is 28.8 Å². The van der Waals surface area contributed by atoms with Crippen molar-refractivity contribution < 1.29 is 14.3 Å². The summed E-state index contributed by atoms with van der Waals surface area (Å²) in [5.41, 5.74) is 1.02. The number of amides is 2. The zero-order valence-corrected chi connectivity index (χ0v) is 16.1. The van der Waals surface area contributed by atoms with Crippen LogP contribution < -0.4 is 5.32 Å². The van der Waals surface area contributed by atoms with Crippen LogP contribution in [0.15, 0.2) is 34.5 Å². The Hall–Kier alpha value is -2.06. The number of carbonyl (C=O) groups excluding carboxylic acids is 2. The Morgan fingerprint density at radius 2 is 2.04 bits per heavy atom. The van der Waals surface area contributed by atoms with Gasteiger partial charge < -0.3 is 15.0 Å². The number of thiazole rings is 1. The molecule has 2 rings (SSSR count). The summed E-state index contributed by atoms with van der Waals surface area (Å²) in [4.78, 5) is 31.1. The van der Waals surface area contributed by atoms with Gasteiger partial charge in [0.2, 0.25) is 0 Å². The van der Waals surface area contributed by atoms with Gasteiger partial charge in [0.25, 0.3) is 0 Å². The van der Waals surface area contributed by atoms with Gasteiger partial charge in [-0.25, -0.2) is 14.6 Å². The van der Waals surface area contributed by atoms with Crippen molar-refractivity contribution in [3.05, 3.63) is 40.3 Å². The van der Waals surface area contributed by atoms with Crippen molar-refractivity contribution in [3.8, 4) is 0 Å². The number of nitrogens with zero attached hydrogens (tertiary/aromatic N) is 2. The molecule has 0 aliphatic carbocycles. The predicted octanol–water partition coefficient (Wildman–Crippen LogP) is 4.10. The highest BCUT2D eigenvalue weighted by Gasteiger charge is 2.17. The first-order chi connectivity index (χ1) is 12.1. The van der Waals surface area contributed by atoms with Gasteiger partial charge in [-0.15, -0.1) is 23.1 Å². The summed E-state index contributed by atoms with van der Waals surface area (Å²) in [7, 11) is 1.32. The molecule has 0 fully saturated rings. The maximum atomic E-state index is 12.6. The minimum Gasteiger partial charge on any atom is -0.464 e. The molecule has 134 valence electrons. The molecule has 0 atom stereocenters. The molecular formula is C17H21N3O3S2. The van der Waals surface area contributed by atoms with Crippen molar-refractivity contribution in [1.29, 1.82) is 0 Å². The van der Waals surface area contributed by atoms with E-state index in [1.165, 1.54) is 18.4 Å². The van der Waals surface area contributed by atoms with E-state index in [0.29, 0.717) is 18.1 Å². The van der Waals surface area contributed by atoms with Crippen LogP contribution >= 0.6 is 23.1 Å². The van der Waals surface area contributed by atoms with E-state index >= 15 is 0 Å². The number of aromatic nitrogens is 1. The second kappa shape index (κ2) is 9.43. The van der Waals surface area contributed by atoms with Crippen molar-refractivity contribution >= 4 is 40.8 Å². The van der Waals surface area contributed by atoms with Gasteiger partial charge in [-0.1, -0.05) is 6.92 Å². The van der Waals surface area contributed by atoms with Crippen LogP contribution in [0.3, 0.4) is 0 Å². The molecule has 0 radical (unpaired) electrons. The van der Waals surface area contributed by atoms with Crippen molar-refractivity contribution in [2.45, 2.75) is 24.8 Å². The first-order valence-electron chi connectivity index (χ1n) is 7.80. The van der Waals surface area contributed by atoms with E-state index in [9.17, 15) is 9.59 Å². The van der Waals surface area contributed by atoms with Gasteiger partial charge in [0, 0.05) is 22.5 Å². The Morgan fingerprint density at radius 3 is 2.64 bits per heavy atom. The third kappa shape index (κ3) is 5.47. The number of benzene rings is 1. The average molecular weight is 380 g/mol. The third-order valence-corrected chi connectivity index (χ3v) is 4.97. The second-order valence-electron chi connectivity index (χ2n) is 5.20. The topological polar surface area (TPSA) is 71.5 Å². The van der Waals surface area contributed by atoms with Crippen LogP contribution in [-0.2, 0) is 11.3 Å². The number of hydrogen-bond donors (Lipinski definition) is 1. The molecule has 0 unspecified atom stereocenters. The molecule has 0 aliphatic heterocycles. The summed E-state index contributed by atoms with van der Waals surface area (Å²) >= 11 is 2.99. The fourth-order valence-corrected chi connectivity index (χ4v) is 3.33. The Balaban J connectivity index is 2.04. The Kier molecular flexibility index (Phi) is 7.27. The zero-order valence-electron chi connectivity index (χ0n) is 14.4. The highest BCUT2D eigenvalue weighted by molar-refractivity contribution is 7.98. The molecule has 0 saturated carbocycles. The molecule has 0 spiro atoms. The van der Waals surface area contributed by atoms with Crippen molar-refractivity contribution in [2.24, 2.45) is 0 Å². The highest BCUT2D eigenvalue weighted by atomic mass is 32.2. The lowest BCUT2D eigenvalue weighted by Gasteiger charge is -2.21. The minimum absolute atomic E-state index is 0.187. The fourth-order valence-electron chi connectivity index (χ4n) is 2.14. The summed E-state index contributed by atoms with van der Waals surface area (Å²) in [5.74, 6) is -0.470. The second-order valence-corrected chi connectivity index (χ2v) is 7.02. The van der Waals surface area contributed by atoms with Crippen molar-refractivity contribution in [3.63, 3.8) is 0 Å². The number of nitrogens with one attached hydrogen (secondary N) is 1. The zero-order chi connectivity index (χ0) is 18.2. The summed E-state index contributed by atoms with van der Waals surface area (Å²) < 4.78 is 4.66. The van der Waals surface area contributed by atoms with Gasteiger partial charge in [-0.3, -0.25) is 0 Å². The molecule has 2 aromatic rings. The molecule has 1 aromatic carbocycles. The number of ether oxygens (including phenoxy) is 1. The van der Waals surface area contributed by atoms with E-state index in [1.54, 1.807) is 22.0 Å². The van der Waals surface area contributed by atoms with Crippen LogP contribution in [0.25, 0.3) is 0 Å². The number of carbonyl (C=O) groups is 2. The van der Waals surface area contributed by atoms with Gasteiger partial charge in [0.15, 0.2) is 5.69 Å². The van der Waals surface area contributed by atoms with Gasteiger partial charge in [-0.2, -0.15) is 0 Å². The minimum atomic E-state index is -0.470. The number of rotatable bonds is 7. The van der Waals surface area contributed by atoms with Crippen LogP contribution in [0, 0.1) is 0 Å². The molecule has 6 nitrogen and oxygen atoms in total. The van der Waals surface area contributed by atoms with Crippen LogP contribution in [0.2, 0.25) is 0 Å². The Morgan fingerprint density at radius 1 is 1.32 bits per heavy atom. The van der Waals surface area contributed by atoms with Crippen LogP contribution in [-0.4, -0.2) is 41.8 Å². The number of methoxy groups -OCH3 is 1. The summed E-state index contributed by atoms with van der Waals surface area (Å²) in [6.45, 7) is 2.96. The number of hydrogen-bond acceptors (Lipinski definition) is 6. The lowest BCUT2D eigenvalue weighted by molar-refractivity contribution is 0.0594. The summed E-state index contributed by atoms with van der Waals surface area (Å²) in [6.07, 6.45) is 2.83. The number of thioether (sulfide) groups is 1. The van der Waals surface area contributed by atoms with Crippen molar-refractivity contribution in [2.75, 3.05) is 25.2 Å². The maximum Gasteiger partial charge on any atom is 0.357 e. The number of anilines is 1. The van der Waals surface area contributed by atoms with Gasteiger partial charge in [0.05, 0.1) is 13.7 Å². The van der Waals surface area contributed by atoms with Gasteiger partial charge in [0.1, 0.15) is 5.01 Å². The molecule has 8 heteroatoms. The van der Waals surface area contributed by atoms with Gasteiger partial charge >= 0.3 is 12.0 Å². The van der Waals surface area contributed by atoms with E-state index in [4.69, 9.17) is 0 Å². The Labute approximate surface area is 155 Å². The lowest BCUT2D eigenvalue weighted by atomic mass is 10.3. The van der Waals surface area contributed by atoms with Crippen LogP contribution in [0.5, 0.6) is 0 Å². The molecule has 1 heterocycles. The molecule has 1 aromatic heterocycles. The smallest absolute Gasteiger partial charge is 0.357 e. The first kappa shape index (κ1) is 19.3. The maximum absolute atomic E-state index is 12.6. The molecule has 25 heavy (non-hydrogen) atoms. The fraction of sp³-hybridized carbons (Fsp3) is 0.353. The summed E-state index contributed by atoms with van der Waals surface area (Å²) in [5, 5.41) is 5.24. The number of urea groups is 1. The lowest BCUT2D eigenvalue weighted by Crippen LogP contribution is -2.35. The quantitative estimate of drug-likeness (QED) is 0.579. The molecule has 1 N–H and O–H groups in total. The first-order valence-corrected chi connectivity index (χ1v) is 9.90. The molecule has 0 saturated heterocycles. The molecule has 2 amide bonds. The number of esters is 1. The molecule has 0 bridgehead atoms. The molecular weight excluding hydrogens is 358 g/mol. The predicted molar refractivity (Wildman–Crippen MR) is 101 cm³/mol. The van der Waals surface area contributed by atoms with E-state index in [0.717, 1.165) is 17.0 Å². The monoisotopic (exact) mass is 379 g/mol. The average Bonchev–Trinajstić information content (AvgIpc) is 3.10. The van der Waals surface area contributed by atoms with Crippen LogP contribution in [0.4, 0.5) is 10.5 Å². The van der Waals surface area contributed by atoms with E-state index < -0.39 is 5.97 Å². The van der Waals surface area contributed by atoms with E-state index in [-0.39, 0.29) is 11.7 Å². The third-order valence-electron chi connectivity index (χ3n) is 3.39. The SMILES string of the molecule is CCCN(Cc1nc(C(=O)OC)cs1)C(=O)Nc1ccc(SC)cc1. The summed E-state index contributed by atoms with van der Waals surface area (Å²) in [6, 6.07) is 7.51. The highest BCUT2D eigenvalue weighted by Crippen LogP contribution is 2.19. The standard InChI is InChI=1S/C17H21N3O3S2/c1-4-9-20(10-15-19-14(11-25-15)16(21)23-2)17(22)18-12-5-7-13(24-3)8-6-12/h5-8,11H,4,9-10H2,1-3H3,(H,18,22). The Bertz CT molecular complexity index is 716. The normalized spacial score (nSPS) is 10.4. The molecule has 0 aliphatic rings. The van der Waals surface area contributed by atoms with E-state index in [2.05, 4.69) is 15.0 Å². The largest absolute Gasteiger partial charge is 0.464 e. The van der Waals surface area contributed by atoms with Gasteiger partial charge in [-0.05, 0) is 36.9 Å². The van der Waals surface area contributed by atoms with Crippen molar-refractivity contribution in [1.82, 2.24) is 9.88 Å².